The highest BCUT2D eigenvalue weighted by atomic mass is 127. The summed E-state index contributed by atoms with van der Waals surface area (Å²) in [6, 6.07) is 48.2. The second-order valence-corrected chi connectivity index (χ2v) is 14.7. The van der Waals surface area contributed by atoms with Crippen LogP contribution in [0, 0.1) is 3.57 Å². The third kappa shape index (κ3) is 5.00. The van der Waals surface area contributed by atoms with Crippen molar-refractivity contribution >= 4 is 52.2 Å². The topological polar surface area (TPSA) is 28.5 Å². The van der Waals surface area contributed by atoms with E-state index in [1.165, 1.54) is 51.5 Å². The minimum atomic E-state index is -0.513. The molecule has 0 saturated heterocycles. The van der Waals surface area contributed by atoms with E-state index >= 15 is 0 Å². The Bertz CT molecular complexity index is 2300. The molecule has 0 bridgehead atoms. The Hall–Kier alpha value is -5.20. The van der Waals surface area contributed by atoms with Crippen LogP contribution in [0.2, 0.25) is 0 Å². The van der Waals surface area contributed by atoms with Crippen LogP contribution in [0.15, 0.2) is 175 Å². The van der Waals surface area contributed by atoms with Gasteiger partial charge in [0, 0.05) is 29.9 Å². The molecule has 0 radical (unpaired) electrons. The monoisotopic (exact) mass is 715 g/mol. The van der Waals surface area contributed by atoms with Gasteiger partial charge in [-0.3, -0.25) is 4.98 Å². The van der Waals surface area contributed by atoms with Crippen LogP contribution in [0.5, 0.6) is 0 Å². The van der Waals surface area contributed by atoms with Crippen molar-refractivity contribution in [2.45, 2.75) is 12.5 Å². The zero-order chi connectivity index (χ0) is 31.2. The summed E-state index contributed by atoms with van der Waals surface area (Å²) >= 11 is -0.513. The first-order chi connectivity index (χ1) is 23.3. The standard InChI is InChI=1S/C43H30IN3/c1-4-12-29(13-5-1)34-26-27-45-42-36(34)25-24-35-37(30-14-6-2-7-15-30)28-38(44-41(35)42)31-20-22-32(23-21-31)43-46-39-18-10-11-19-40(39)47(43)33-16-8-3-9-17-33/h1-18,20-28,40H,19H2. The number of benzene rings is 5. The molecule has 0 spiro atoms. The van der Waals surface area contributed by atoms with Crippen molar-refractivity contribution in [2.24, 2.45) is 4.99 Å². The number of fused-ring (bicyclic) bond motifs is 4. The summed E-state index contributed by atoms with van der Waals surface area (Å²) in [5.41, 5.74) is 12.1. The molecular formula is C43H30IN3. The molecule has 1 aliphatic carbocycles. The number of amidine groups is 1. The predicted octanol–water partition coefficient (Wildman–Crippen LogP) is 10.2. The zero-order valence-electron chi connectivity index (χ0n) is 25.6. The van der Waals surface area contributed by atoms with Crippen molar-refractivity contribution in [3.8, 4) is 11.1 Å². The van der Waals surface area contributed by atoms with Crippen LogP contribution in [0.3, 0.4) is 0 Å². The Balaban J connectivity index is 1.16. The molecule has 1 unspecified atom stereocenters. The minimum absolute atomic E-state index is 0.227. The van der Waals surface area contributed by atoms with E-state index in [0.29, 0.717) is 0 Å². The second kappa shape index (κ2) is 11.9. The van der Waals surface area contributed by atoms with E-state index in [1.807, 2.05) is 6.20 Å². The van der Waals surface area contributed by atoms with Gasteiger partial charge in [0.25, 0.3) is 0 Å². The highest BCUT2D eigenvalue weighted by molar-refractivity contribution is 14.2. The lowest BCUT2D eigenvalue weighted by Gasteiger charge is -2.28. The van der Waals surface area contributed by atoms with Gasteiger partial charge in [-0.2, -0.15) is 0 Å². The van der Waals surface area contributed by atoms with Crippen LogP contribution in [0.1, 0.15) is 28.7 Å². The number of rotatable bonds is 5. The molecule has 5 aromatic carbocycles. The lowest BCUT2D eigenvalue weighted by atomic mass is 9.93. The van der Waals surface area contributed by atoms with Gasteiger partial charge in [-0.25, -0.2) is 4.99 Å². The molecule has 9 rings (SSSR count). The van der Waals surface area contributed by atoms with E-state index in [2.05, 4.69) is 163 Å². The number of hydrogen-bond donors (Lipinski definition) is 0. The maximum Gasteiger partial charge on any atom is 0.141 e. The fraction of sp³-hybridized carbons (Fsp3) is 0.0465. The van der Waals surface area contributed by atoms with E-state index in [-0.39, 0.29) is 6.04 Å². The summed E-state index contributed by atoms with van der Waals surface area (Å²) in [6.45, 7) is 0. The van der Waals surface area contributed by atoms with Crippen LogP contribution in [-0.4, -0.2) is 20.4 Å². The number of para-hydroxylation sites is 1. The van der Waals surface area contributed by atoms with Gasteiger partial charge >= 0.3 is 0 Å². The SMILES string of the molecule is C1=CCC2C(=C1)N=C(c1ccc(C3=Ic4c(ccc5c(-c6ccccc6)ccnc45)C(c4ccccc4)=C3)cc1)N2c1ccccc1. The summed E-state index contributed by atoms with van der Waals surface area (Å²) in [5, 5.41) is 1.21. The maximum absolute atomic E-state index is 5.16. The molecule has 6 aromatic rings. The van der Waals surface area contributed by atoms with Crippen LogP contribution in [0.4, 0.5) is 5.69 Å². The summed E-state index contributed by atoms with van der Waals surface area (Å²) in [5.74, 6) is 1.01. The normalized spacial score (nSPS) is 16.8. The number of halogens is 1. The van der Waals surface area contributed by atoms with E-state index in [4.69, 9.17) is 9.98 Å². The van der Waals surface area contributed by atoms with Gasteiger partial charge in [0.15, 0.2) is 0 Å². The largest absolute Gasteiger partial charge is 0.316 e. The zero-order valence-corrected chi connectivity index (χ0v) is 27.8. The molecule has 0 N–H and O–H groups in total. The first-order valence-electron chi connectivity index (χ1n) is 16.0. The summed E-state index contributed by atoms with van der Waals surface area (Å²) in [4.78, 5) is 12.6. The van der Waals surface area contributed by atoms with Gasteiger partial charge in [0.1, 0.15) is 5.84 Å². The molecule has 224 valence electrons. The molecule has 1 atom stereocenters. The number of aliphatic imine (C=N–C) groups is 1. The molecule has 0 amide bonds. The number of hydrogen-bond acceptors (Lipinski definition) is 3. The van der Waals surface area contributed by atoms with Crippen LogP contribution >= 0.6 is 20.7 Å². The first kappa shape index (κ1) is 28.1. The van der Waals surface area contributed by atoms with Crippen molar-refractivity contribution < 1.29 is 0 Å². The van der Waals surface area contributed by atoms with Crippen molar-refractivity contribution in [3.05, 3.63) is 195 Å². The van der Waals surface area contributed by atoms with Gasteiger partial charge in [-0.05, 0) is 70.2 Å². The Morgan fingerprint density at radius 1 is 0.638 bits per heavy atom. The number of allylic oxidation sites excluding steroid dienone is 3. The summed E-state index contributed by atoms with van der Waals surface area (Å²) in [6.07, 6.45) is 11.9. The van der Waals surface area contributed by atoms with Gasteiger partial charge in [0.2, 0.25) is 0 Å². The molecule has 2 aliphatic heterocycles. The van der Waals surface area contributed by atoms with Gasteiger partial charge in [0.05, 0.1) is 17.3 Å². The number of nitrogens with zero attached hydrogens (tertiary/aromatic N) is 3. The lowest BCUT2D eigenvalue weighted by Crippen LogP contribution is -2.36. The maximum atomic E-state index is 5.16. The molecule has 3 nitrogen and oxygen atoms in total. The highest BCUT2D eigenvalue weighted by Crippen LogP contribution is 2.41. The van der Waals surface area contributed by atoms with Crippen molar-refractivity contribution in [1.82, 2.24) is 4.98 Å². The molecule has 3 aliphatic rings. The smallest absolute Gasteiger partial charge is 0.141 e. The quantitative estimate of drug-likeness (QED) is 0.166. The number of pyridine rings is 1. The molecule has 4 heteroatoms. The van der Waals surface area contributed by atoms with Gasteiger partial charge in [-0.1, -0.05) is 148 Å². The second-order valence-electron chi connectivity index (χ2n) is 11.9. The highest BCUT2D eigenvalue weighted by Gasteiger charge is 2.34. The van der Waals surface area contributed by atoms with Crippen molar-refractivity contribution in [3.63, 3.8) is 0 Å². The molecule has 1 aromatic heterocycles. The molecule has 47 heavy (non-hydrogen) atoms. The third-order valence-corrected chi connectivity index (χ3v) is 12.3. The Labute approximate surface area is 284 Å². The molecule has 0 fully saturated rings. The van der Waals surface area contributed by atoms with E-state index < -0.39 is 20.7 Å². The Morgan fingerprint density at radius 3 is 2.11 bits per heavy atom. The molecular weight excluding hydrogens is 685 g/mol. The Morgan fingerprint density at radius 2 is 1.34 bits per heavy atom. The predicted molar refractivity (Wildman–Crippen MR) is 205 cm³/mol. The van der Waals surface area contributed by atoms with Crippen LogP contribution < -0.4 is 4.90 Å². The van der Waals surface area contributed by atoms with Crippen LogP contribution in [-0.2, 0) is 0 Å². The summed E-state index contributed by atoms with van der Waals surface area (Å²) in [7, 11) is 0. The fourth-order valence-electron chi connectivity index (χ4n) is 6.84. The van der Waals surface area contributed by atoms with E-state index in [1.54, 1.807) is 0 Å². The average molecular weight is 716 g/mol. The van der Waals surface area contributed by atoms with Crippen molar-refractivity contribution in [1.29, 1.82) is 0 Å². The minimum Gasteiger partial charge on any atom is -0.316 e. The number of anilines is 1. The van der Waals surface area contributed by atoms with Gasteiger partial charge < -0.3 is 4.90 Å². The lowest BCUT2D eigenvalue weighted by molar-refractivity contribution is 0.781. The average Bonchev–Trinajstić information content (AvgIpc) is 3.55. The molecule has 0 saturated carbocycles. The Kier molecular flexibility index (Phi) is 7.08. The molecule has 3 heterocycles. The first-order valence-corrected chi connectivity index (χ1v) is 18.1. The third-order valence-electron chi connectivity index (χ3n) is 9.11. The van der Waals surface area contributed by atoms with E-state index in [9.17, 15) is 0 Å². The van der Waals surface area contributed by atoms with Crippen molar-refractivity contribution in [2.75, 3.05) is 4.90 Å². The number of aromatic nitrogens is 1. The fourth-order valence-corrected chi connectivity index (χ4v) is 10.0. The van der Waals surface area contributed by atoms with E-state index in [0.717, 1.165) is 29.0 Å². The van der Waals surface area contributed by atoms with Crippen LogP contribution in [0.25, 0.3) is 27.6 Å². The summed E-state index contributed by atoms with van der Waals surface area (Å²) < 4.78 is 2.79. The van der Waals surface area contributed by atoms with Gasteiger partial charge in [-0.15, -0.1) is 0 Å².